The average Bonchev–Trinajstić information content (AvgIpc) is 3.25. The molecule has 3 aliphatic heterocycles. The number of benzene rings is 1. The van der Waals surface area contributed by atoms with Crippen LogP contribution < -0.4 is 15.5 Å². The summed E-state index contributed by atoms with van der Waals surface area (Å²) in [6.07, 6.45) is 1.07. The second-order valence-electron chi connectivity index (χ2n) is 8.93. The summed E-state index contributed by atoms with van der Waals surface area (Å²) in [5.74, 6) is -1.32. The van der Waals surface area contributed by atoms with Crippen LogP contribution in [0.1, 0.15) is 50.7 Å². The van der Waals surface area contributed by atoms with E-state index < -0.39 is 36.3 Å². The van der Waals surface area contributed by atoms with Crippen molar-refractivity contribution in [3.05, 3.63) is 29.3 Å². The maximum Gasteiger partial charge on any atom is 0.310 e. The molecule has 3 N–H and O–H groups in total. The van der Waals surface area contributed by atoms with Crippen LogP contribution in [0.15, 0.2) is 18.2 Å². The molecule has 4 rings (SSSR count). The van der Waals surface area contributed by atoms with Crippen molar-refractivity contribution in [2.24, 2.45) is 5.92 Å². The van der Waals surface area contributed by atoms with Crippen molar-refractivity contribution in [3.8, 4) is 0 Å². The van der Waals surface area contributed by atoms with E-state index in [1.54, 1.807) is 0 Å². The SMILES string of the molecule is CC[C@H](C)CC(=O)N[C@H]1CCc2cccc3c2N(C1=O)[C@H](C(=O)NC1CC(=O)OC1O)C3. The molecule has 1 aromatic rings. The summed E-state index contributed by atoms with van der Waals surface area (Å²) in [5, 5.41) is 15.4. The highest BCUT2D eigenvalue weighted by atomic mass is 16.6. The average molecular weight is 444 g/mol. The Kier molecular flexibility index (Phi) is 6.19. The highest BCUT2D eigenvalue weighted by molar-refractivity contribution is 6.07. The number of para-hydroxylation sites is 1. The van der Waals surface area contributed by atoms with Gasteiger partial charge in [-0.05, 0) is 29.9 Å². The Morgan fingerprint density at radius 1 is 1.22 bits per heavy atom. The molecule has 172 valence electrons. The lowest BCUT2D eigenvalue weighted by Gasteiger charge is -2.29. The highest BCUT2D eigenvalue weighted by Gasteiger charge is 2.45. The Balaban J connectivity index is 1.56. The lowest BCUT2D eigenvalue weighted by atomic mass is 10.0. The molecule has 5 atom stereocenters. The van der Waals surface area contributed by atoms with E-state index in [2.05, 4.69) is 10.6 Å². The first kappa shape index (κ1) is 22.3. The minimum atomic E-state index is -1.40. The second kappa shape index (κ2) is 8.90. The van der Waals surface area contributed by atoms with E-state index >= 15 is 0 Å². The number of carbonyl (C=O) groups excluding carboxylic acids is 4. The predicted octanol–water partition coefficient (Wildman–Crippen LogP) is 0.562. The van der Waals surface area contributed by atoms with Crippen LogP contribution in [0.4, 0.5) is 5.69 Å². The quantitative estimate of drug-likeness (QED) is 0.552. The van der Waals surface area contributed by atoms with Crippen molar-refractivity contribution < 1.29 is 29.0 Å². The lowest BCUT2D eigenvalue weighted by molar-refractivity contribution is -0.155. The zero-order chi connectivity index (χ0) is 23.0. The number of anilines is 1. The fourth-order valence-corrected chi connectivity index (χ4v) is 4.64. The van der Waals surface area contributed by atoms with Crippen molar-refractivity contribution in [2.45, 2.75) is 76.8 Å². The number of carbonyl (C=O) groups is 4. The summed E-state index contributed by atoms with van der Waals surface area (Å²) in [6.45, 7) is 4.00. The number of hydrogen-bond acceptors (Lipinski definition) is 6. The standard InChI is InChI=1S/C23H29N3O6/c1-3-12(2)9-18(27)24-15-8-7-13-5-4-6-14-10-17(26(20(13)14)22(15)30)21(29)25-16-11-19(28)32-23(16)31/h4-6,12,15-17,23,31H,3,7-11H2,1-2H3,(H,24,27)(H,25,29)/t12-,15-,16?,17-,23?/m0/s1. The number of ether oxygens (including phenoxy) is 1. The van der Waals surface area contributed by atoms with Gasteiger partial charge >= 0.3 is 5.97 Å². The van der Waals surface area contributed by atoms with E-state index in [9.17, 15) is 24.3 Å². The van der Waals surface area contributed by atoms with Gasteiger partial charge < -0.3 is 20.5 Å². The molecule has 0 radical (unpaired) electrons. The maximum absolute atomic E-state index is 13.5. The molecule has 3 aliphatic rings. The molecule has 1 fully saturated rings. The molecule has 0 spiro atoms. The van der Waals surface area contributed by atoms with Crippen LogP contribution in [0.25, 0.3) is 0 Å². The Hall–Kier alpha value is -2.94. The van der Waals surface area contributed by atoms with Crippen LogP contribution in [0.2, 0.25) is 0 Å². The lowest BCUT2D eigenvalue weighted by Crippen LogP contribution is -2.56. The zero-order valence-electron chi connectivity index (χ0n) is 18.3. The fourth-order valence-electron chi connectivity index (χ4n) is 4.64. The monoisotopic (exact) mass is 443 g/mol. The predicted molar refractivity (Wildman–Crippen MR) is 114 cm³/mol. The summed E-state index contributed by atoms with van der Waals surface area (Å²) in [7, 11) is 0. The molecule has 0 bridgehead atoms. The normalized spacial score (nSPS) is 27.4. The Bertz CT molecular complexity index is 948. The van der Waals surface area contributed by atoms with Crippen LogP contribution in [-0.2, 0) is 36.8 Å². The van der Waals surface area contributed by atoms with Gasteiger partial charge in [-0.25, -0.2) is 0 Å². The second-order valence-corrected chi connectivity index (χ2v) is 8.93. The van der Waals surface area contributed by atoms with E-state index in [4.69, 9.17) is 4.74 Å². The highest BCUT2D eigenvalue weighted by Crippen LogP contribution is 2.39. The van der Waals surface area contributed by atoms with E-state index in [0.717, 1.165) is 23.2 Å². The van der Waals surface area contributed by atoms with Crippen molar-refractivity contribution in [1.29, 1.82) is 0 Å². The molecule has 3 amide bonds. The molecule has 0 aliphatic carbocycles. The largest absolute Gasteiger partial charge is 0.434 e. The molecule has 32 heavy (non-hydrogen) atoms. The Morgan fingerprint density at radius 2 is 1.97 bits per heavy atom. The molecule has 2 unspecified atom stereocenters. The molecule has 0 saturated carbocycles. The van der Waals surface area contributed by atoms with Crippen LogP contribution in [0.3, 0.4) is 0 Å². The van der Waals surface area contributed by atoms with Crippen molar-refractivity contribution in [2.75, 3.05) is 4.90 Å². The van der Waals surface area contributed by atoms with Gasteiger partial charge in [-0.15, -0.1) is 0 Å². The number of rotatable bonds is 6. The summed E-state index contributed by atoms with van der Waals surface area (Å²) < 4.78 is 4.70. The van der Waals surface area contributed by atoms with Gasteiger partial charge in [-0.1, -0.05) is 38.5 Å². The summed E-state index contributed by atoms with van der Waals surface area (Å²) in [5.41, 5.74) is 2.58. The third-order valence-electron chi connectivity index (χ3n) is 6.59. The van der Waals surface area contributed by atoms with Crippen molar-refractivity contribution in [1.82, 2.24) is 10.6 Å². The topological polar surface area (TPSA) is 125 Å². The molecule has 1 aromatic carbocycles. The van der Waals surface area contributed by atoms with Gasteiger partial charge in [0.25, 0.3) is 0 Å². The minimum Gasteiger partial charge on any atom is -0.434 e. The van der Waals surface area contributed by atoms with E-state index in [1.165, 1.54) is 4.90 Å². The summed E-state index contributed by atoms with van der Waals surface area (Å²) >= 11 is 0. The molecular formula is C23H29N3O6. The number of aliphatic hydroxyl groups is 1. The van der Waals surface area contributed by atoms with E-state index in [-0.39, 0.29) is 24.2 Å². The first-order chi connectivity index (χ1) is 15.3. The van der Waals surface area contributed by atoms with Gasteiger partial charge in [0, 0.05) is 12.8 Å². The minimum absolute atomic E-state index is 0.125. The smallest absolute Gasteiger partial charge is 0.310 e. The first-order valence-electron chi connectivity index (χ1n) is 11.2. The Labute approximate surface area is 186 Å². The van der Waals surface area contributed by atoms with Crippen molar-refractivity contribution >= 4 is 29.4 Å². The van der Waals surface area contributed by atoms with Gasteiger partial charge in [0.15, 0.2) is 0 Å². The third kappa shape index (κ3) is 4.21. The molecule has 9 heteroatoms. The number of cyclic esters (lactones) is 1. The van der Waals surface area contributed by atoms with Gasteiger partial charge in [-0.2, -0.15) is 0 Å². The number of aliphatic hydroxyl groups excluding tert-OH is 1. The number of nitrogens with one attached hydrogen (secondary N) is 2. The molecule has 3 heterocycles. The molecular weight excluding hydrogens is 414 g/mol. The number of amides is 3. The number of nitrogens with zero attached hydrogens (tertiary/aromatic N) is 1. The molecule has 9 nitrogen and oxygen atoms in total. The number of hydrogen-bond donors (Lipinski definition) is 3. The van der Waals surface area contributed by atoms with Gasteiger partial charge in [-0.3, -0.25) is 24.1 Å². The van der Waals surface area contributed by atoms with Crippen LogP contribution in [0, 0.1) is 5.92 Å². The Morgan fingerprint density at radius 3 is 2.66 bits per heavy atom. The van der Waals surface area contributed by atoms with Crippen LogP contribution >= 0.6 is 0 Å². The fraction of sp³-hybridized carbons (Fsp3) is 0.565. The van der Waals surface area contributed by atoms with E-state index in [1.807, 2.05) is 32.0 Å². The number of esters is 1. The van der Waals surface area contributed by atoms with Crippen molar-refractivity contribution in [3.63, 3.8) is 0 Å². The molecule has 0 aromatic heterocycles. The number of aryl methyl sites for hydroxylation is 1. The van der Waals surface area contributed by atoms with Crippen LogP contribution in [0.5, 0.6) is 0 Å². The molecule has 1 saturated heterocycles. The van der Waals surface area contributed by atoms with Crippen LogP contribution in [-0.4, -0.2) is 53.2 Å². The zero-order valence-corrected chi connectivity index (χ0v) is 18.3. The third-order valence-corrected chi connectivity index (χ3v) is 6.59. The van der Waals surface area contributed by atoms with Gasteiger partial charge in [0.05, 0.1) is 12.1 Å². The maximum atomic E-state index is 13.5. The first-order valence-corrected chi connectivity index (χ1v) is 11.2. The summed E-state index contributed by atoms with van der Waals surface area (Å²) in [4.78, 5) is 52.1. The van der Waals surface area contributed by atoms with Gasteiger partial charge in [0.1, 0.15) is 18.1 Å². The summed E-state index contributed by atoms with van der Waals surface area (Å²) in [6, 6.07) is 3.34. The van der Waals surface area contributed by atoms with E-state index in [0.29, 0.717) is 25.7 Å². The van der Waals surface area contributed by atoms with Gasteiger partial charge in [0.2, 0.25) is 24.0 Å².